The predicted octanol–water partition coefficient (Wildman–Crippen LogP) is 1.62. The standard InChI is InChI=1S/C19H23N3O5S/c1-14(18-7-4-12-27-18)20-19(24)16-5-3-6-17(13-16)28(25,26)22-10-8-21(9-11-22)15(2)23/h3-7,12-14H,8-11H2,1-2H3,(H,20,24)/t14-/m1/s1. The Morgan fingerprint density at radius 3 is 2.43 bits per heavy atom. The molecule has 1 aliphatic heterocycles. The molecule has 1 aliphatic rings. The number of hydrogen-bond donors (Lipinski definition) is 1. The van der Waals surface area contributed by atoms with Gasteiger partial charge in [-0.3, -0.25) is 9.59 Å². The zero-order chi connectivity index (χ0) is 20.3. The number of hydrogen-bond acceptors (Lipinski definition) is 5. The summed E-state index contributed by atoms with van der Waals surface area (Å²) in [7, 11) is -3.74. The van der Waals surface area contributed by atoms with E-state index in [4.69, 9.17) is 4.42 Å². The van der Waals surface area contributed by atoms with Crippen molar-refractivity contribution in [2.45, 2.75) is 24.8 Å². The Morgan fingerprint density at radius 1 is 1.11 bits per heavy atom. The van der Waals surface area contributed by atoms with Crippen LogP contribution < -0.4 is 5.32 Å². The molecule has 0 spiro atoms. The Labute approximate surface area is 164 Å². The number of carbonyl (C=O) groups excluding carboxylic acids is 2. The summed E-state index contributed by atoms with van der Waals surface area (Å²) >= 11 is 0. The molecule has 1 aromatic heterocycles. The maximum absolute atomic E-state index is 12.9. The van der Waals surface area contributed by atoms with Crippen molar-refractivity contribution in [3.05, 3.63) is 54.0 Å². The Bertz CT molecular complexity index is 948. The van der Waals surface area contributed by atoms with E-state index < -0.39 is 10.0 Å². The summed E-state index contributed by atoms with van der Waals surface area (Å²) in [6.45, 7) is 4.42. The van der Waals surface area contributed by atoms with Crippen molar-refractivity contribution in [3.63, 3.8) is 0 Å². The largest absolute Gasteiger partial charge is 0.467 e. The minimum absolute atomic E-state index is 0.0575. The van der Waals surface area contributed by atoms with Crippen molar-refractivity contribution >= 4 is 21.8 Å². The number of nitrogens with one attached hydrogen (secondary N) is 1. The number of carbonyl (C=O) groups is 2. The third-order valence-corrected chi connectivity index (χ3v) is 6.63. The molecule has 8 nitrogen and oxygen atoms in total. The van der Waals surface area contributed by atoms with Crippen LogP contribution in [-0.2, 0) is 14.8 Å². The van der Waals surface area contributed by atoms with E-state index in [1.807, 2.05) is 0 Å². The summed E-state index contributed by atoms with van der Waals surface area (Å²) in [4.78, 5) is 25.6. The Balaban J connectivity index is 1.73. The van der Waals surface area contributed by atoms with Crippen LogP contribution in [0.3, 0.4) is 0 Å². The molecule has 9 heteroatoms. The van der Waals surface area contributed by atoms with Gasteiger partial charge in [0.1, 0.15) is 5.76 Å². The van der Waals surface area contributed by atoms with Crippen LogP contribution in [0.25, 0.3) is 0 Å². The molecular formula is C19H23N3O5S. The fraction of sp³-hybridized carbons (Fsp3) is 0.368. The molecule has 2 amide bonds. The second kappa shape index (κ2) is 8.15. The van der Waals surface area contributed by atoms with Crippen LogP contribution in [0.4, 0.5) is 0 Å². The molecule has 2 heterocycles. The van der Waals surface area contributed by atoms with Gasteiger partial charge < -0.3 is 14.6 Å². The van der Waals surface area contributed by atoms with Crippen LogP contribution in [0.15, 0.2) is 52.0 Å². The van der Waals surface area contributed by atoms with E-state index in [9.17, 15) is 18.0 Å². The number of furan rings is 1. The van der Waals surface area contributed by atoms with Crippen molar-refractivity contribution in [1.29, 1.82) is 0 Å². The number of sulfonamides is 1. The minimum atomic E-state index is -3.74. The van der Waals surface area contributed by atoms with Crippen molar-refractivity contribution in [3.8, 4) is 0 Å². The SMILES string of the molecule is CC(=O)N1CCN(S(=O)(=O)c2cccc(C(=O)N[C@H](C)c3ccco3)c2)CC1. The van der Waals surface area contributed by atoms with Crippen LogP contribution in [0.2, 0.25) is 0 Å². The van der Waals surface area contributed by atoms with Gasteiger partial charge in [-0.25, -0.2) is 8.42 Å². The van der Waals surface area contributed by atoms with Gasteiger partial charge in [-0.1, -0.05) is 6.07 Å². The van der Waals surface area contributed by atoms with E-state index in [0.29, 0.717) is 18.8 Å². The van der Waals surface area contributed by atoms with Gasteiger partial charge in [0.25, 0.3) is 5.91 Å². The van der Waals surface area contributed by atoms with Crippen LogP contribution in [0.1, 0.15) is 36.0 Å². The highest BCUT2D eigenvalue weighted by Gasteiger charge is 2.29. The van der Waals surface area contributed by atoms with E-state index in [1.54, 1.807) is 36.1 Å². The van der Waals surface area contributed by atoms with Gasteiger partial charge >= 0.3 is 0 Å². The second-order valence-electron chi connectivity index (χ2n) is 6.65. The lowest BCUT2D eigenvalue weighted by molar-refractivity contribution is -0.129. The van der Waals surface area contributed by atoms with Crippen molar-refractivity contribution in [2.24, 2.45) is 0 Å². The normalized spacial score (nSPS) is 16.6. The van der Waals surface area contributed by atoms with E-state index in [2.05, 4.69) is 5.32 Å². The van der Waals surface area contributed by atoms with Gasteiger partial charge in [0.05, 0.1) is 17.2 Å². The zero-order valence-electron chi connectivity index (χ0n) is 15.8. The summed E-state index contributed by atoms with van der Waals surface area (Å²) in [6, 6.07) is 9.10. The molecule has 1 aromatic carbocycles. The first-order chi connectivity index (χ1) is 13.3. The van der Waals surface area contributed by atoms with E-state index in [-0.39, 0.29) is 41.4 Å². The third-order valence-electron chi connectivity index (χ3n) is 4.74. The fourth-order valence-corrected chi connectivity index (χ4v) is 4.55. The van der Waals surface area contributed by atoms with Gasteiger partial charge in [0.2, 0.25) is 15.9 Å². The molecule has 1 atom stereocenters. The number of amides is 2. The van der Waals surface area contributed by atoms with Crippen LogP contribution >= 0.6 is 0 Å². The van der Waals surface area contributed by atoms with Crippen molar-refractivity contribution in [1.82, 2.24) is 14.5 Å². The molecule has 0 saturated carbocycles. The number of benzene rings is 1. The molecular weight excluding hydrogens is 382 g/mol. The van der Waals surface area contributed by atoms with Gasteiger partial charge in [-0.05, 0) is 37.3 Å². The minimum Gasteiger partial charge on any atom is -0.467 e. The Morgan fingerprint density at radius 2 is 1.82 bits per heavy atom. The number of nitrogens with zero attached hydrogens (tertiary/aromatic N) is 2. The zero-order valence-corrected chi connectivity index (χ0v) is 16.6. The average Bonchev–Trinajstić information content (AvgIpc) is 3.23. The molecule has 0 unspecified atom stereocenters. The molecule has 0 aliphatic carbocycles. The van der Waals surface area contributed by atoms with Crippen LogP contribution in [0.5, 0.6) is 0 Å². The molecule has 150 valence electrons. The lowest BCUT2D eigenvalue weighted by Crippen LogP contribution is -2.49. The first-order valence-electron chi connectivity index (χ1n) is 8.99. The lowest BCUT2D eigenvalue weighted by Gasteiger charge is -2.33. The van der Waals surface area contributed by atoms with Crippen molar-refractivity contribution < 1.29 is 22.4 Å². The molecule has 2 aromatic rings. The first kappa shape index (κ1) is 20.1. The maximum atomic E-state index is 12.9. The summed E-state index contributed by atoms with van der Waals surface area (Å²) in [5, 5.41) is 2.79. The third kappa shape index (κ3) is 4.26. The highest BCUT2D eigenvalue weighted by molar-refractivity contribution is 7.89. The van der Waals surface area contributed by atoms with E-state index >= 15 is 0 Å². The number of piperazine rings is 1. The molecule has 28 heavy (non-hydrogen) atoms. The summed E-state index contributed by atoms with van der Waals surface area (Å²) in [6.07, 6.45) is 1.52. The molecule has 0 bridgehead atoms. The van der Waals surface area contributed by atoms with Gasteiger partial charge in [-0.2, -0.15) is 4.31 Å². The highest BCUT2D eigenvalue weighted by Crippen LogP contribution is 2.20. The monoisotopic (exact) mass is 405 g/mol. The first-order valence-corrected chi connectivity index (χ1v) is 10.4. The topological polar surface area (TPSA) is 99.9 Å². The Kier molecular flexibility index (Phi) is 5.85. The van der Waals surface area contributed by atoms with Gasteiger partial charge in [-0.15, -0.1) is 0 Å². The Hall–Kier alpha value is -2.65. The van der Waals surface area contributed by atoms with E-state index in [0.717, 1.165) is 0 Å². The quantitative estimate of drug-likeness (QED) is 0.815. The highest BCUT2D eigenvalue weighted by atomic mass is 32.2. The molecule has 1 N–H and O–H groups in total. The van der Waals surface area contributed by atoms with Crippen LogP contribution in [-0.4, -0.2) is 55.6 Å². The molecule has 1 fully saturated rings. The predicted molar refractivity (Wildman–Crippen MR) is 102 cm³/mol. The molecule has 1 saturated heterocycles. The van der Waals surface area contributed by atoms with Crippen LogP contribution in [0, 0.1) is 0 Å². The van der Waals surface area contributed by atoms with Crippen molar-refractivity contribution in [2.75, 3.05) is 26.2 Å². The summed E-state index contributed by atoms with van der Waals surface area (Å²) < 4.78 is 32.5. The average molecular weight is 405 g/mol. The van der Waals surface area contributed by atoms with E-state index in [1.165, 1.54) is 29.6 Å². The fourth-order valence-electron chi connectivity index (χ4n) is 3.08. The number of rotatable bonds is 5. The van der Waals surface area contributed by atoms with Gasteiger partial charge in [0.15, 0.2) is 0 Å². The second-order valence-corrected chi connectivity index (χ2v) is 8.59. The molecule has 3 rings (SSSR count). The smallest absolute Gasteiger partial charge is 0.251 e. The lowest BCUT2D eigenvalue weighted by atomic mass is 10.2. The molecule has 0 radical (unpaired) electrons. The summed E-state index contributed by atoms with van der Waals surface area (Å²) in [5.41, 5.74) is 0.252. The van der Waals surface area contributed by atoms with Gasteiger partial charge in [0, 0.05) is 38.7 Å². The maximum Gasteiger partial charge on any atom is 0.251 e. The summed E-state index contributed by atoms with van der Waals surface area (Å²) in [5.74, 6) is 0.157.